The highest BCUT2D eigenvalue weighted by atomic mass is 16.5. The number of aromatic nitrogens is 2. The van der Waals surface area contributed by atoms with Crippen molar-refractivity contribution in [1.82, 2.24) is 15.0 Å². The monoisotopic (exact) mass is 278 g/mol. The van der Waals surface area contributed by atoms with Gasteiger partial charge in [0.1, 0.15) is 0 Å². The van der Waals surface area contributed by atoms with Crippen LogP contribution in [-0.2, 0) is 10.3 Å². The summed E-state index contributed by atoms with van der Waals surface area (Å²) < 4.78 is 5.43. The molecule has 2 fully saturated rings. The average Bonchev–Trinajstić information content (AvgIpc) is 3.08. The normalized spacial score (nSPS) is 25.9. The number of carbonyl (C=O) groups is 1. The Balaban J connectivity index is 1.74. The molecule has 1 saturated heterocycles. The van der Waals surface area contributed by atoms with Gasteiger partial charge in [-0.1, -0.05) is 18.0 Å². The number of hydrogen-bond acceptors (Lipinski definition) is 5. The molecule has 2 aliphatic rings. The predicted octanol–water partition coefficient (Wildman–Crippen LogP) is 1.52. The van der Waals surface area contributed by atoms with Crippen LogP contribution in [0.15, 0.2) is 4.52 Å². The maximum Gasteiger partial charge on any atom is 0.231 e. The number of likely N-dealkylation sites (tertiary alicyclic amines) is 1. The van der Waals surface area contributed by atoms with Gasteiger partial charge >= 0.3 is 0 Å². The number of nitrogens with zero attached hydrogens (tertiary/aromatic N) is 3. The first kappa shape index (κ1) is 13.5. The van der Waals surface area contributed by atoms with Crippen LogP contribution >= 0.6 is 0 Å². The minimum atomic E-state index is -0.406. The van der Waals surface area contributed by atoms with Crippen LogP contribution in [-0.4, -0.2) is 34.0 Å². The lowest BCUT2D eigenvalue weighted by Crippen LogP contribution is -2.38. The molecule has 1 atom stereocenters. The molecule has 0 spiro atoms. The summed E-state index contributed by atoms with van der Waals surface area (Å²) in [7, 11) is 0. The summed E-state index contributed by atoms with van der Waals surface area (Å²) in [4.78, 5) is 17.9. The van der Waals surface area contributed by atoms with Crippen molar-refractivity contribution in [2.75, 3.05) is 13.1 Å². The molecule has 110 valence electrons. The van der Waals surface area contributed by atoms with E-state index < -0.39 is 5.54 Å². The molecule has 6 nitrogen and oxygen atoms in total. The van der Waals surface area contributed by atoms with Gasteiger partial charge in [-0.2, -0.15) is 4.98 Å². The lowest BCUT2D eigenvalue weighted by molar-refractivity contribution is -0.130. The summed E-state index contributed by atoms with van der Waals surface area (Å²) in [5.41, 5.74) is 5.94. The Morgan fingerprint density at radius 1 is 1.40 bits per heavy atom. The van der Waals surface area contributed by atoms with Crippen molar-refractivity contribution in [2.24, 2.45) is 5.73 Å². The van der Waals surface area contributed by atoms with E-state index in [1.807, 2.05) is 4.90 Å². The van der Waals surface area contributed by atoms with Gasteiger partial charge < -0.3 is 15.2 Å². The highest BCUT2D eigenvalue weighted by molar-refractivity contribution is 5.73. The van der Waals surface area contributed by atoms with Crippen LogP contribution < -0.4 is 5.73 Å². The van der Waals surface area contributed by atoms with Crippen LogP contribution in [0.3, 0.4) is 0 Å². The molecule has 2 N–H and O–H groups in total. The Bertz CT molecular complexity index is 493. The quantitative estimate of drug-likeness (QED) is 0.886. The molecule has 3 rings (SSSR count). The molecule has 0 bridgehead atoms. The zero-order valence-corrected chi connectivity index (χ0v) is 12.0. The third kappa shape index (κ3) is 2.44. The summed E-state index contributed by atoms with van der Waals surface area (Å²) in [5.74, 6) is 1.55. The van der Waals surface area contributed by atoms with Crippen LogP contribution in [0.2, 0.25) is 0 Å². The van der Waals surface area contributed by atoms with Crippen LogP contribution in [0.4, 0.5) is 0 Å². The molecule has 1 aliphatic carbocycles. The van der Waals surface area contributed by atoms with E-state index in [1.165, 1.54) is 0 Å². The zero-order chi connectivity index (χ0) is 14.2. The van der Waals surface area contributed by atoms with Crippen molar-refractivity contribution in [3.63, 3.8) is 0 Å². The summed E-state index contributed by atoms with van der Waals surface area (Å²) in [6.45, 7) is 3.11. The van der Waals surface area contributed by atoms with Crippen LogP contribution in [0, 0.1) is 0 Å². The fourth-order valence-electron chi connectivity index (χ4n) is 3.30. The molecule has 1 aromatic rings. The molecule has 0 aromatic carbocycles. The van der Waals surface area contributed by atoms with Crippen LogP contribution in [0.25, 0.3) is 0 Å². The molecule has 1 saturated carbocycles. The molecule has 1 amide bonds. The number of rotatable bonds is 2. The highest BCUT2D eigenvalue weighted by Crippen LogP contribution is 2.35. The Morgan fingerprint density at radius 2 is 2.15 bits per heavy atom. The second-order valence-corrected chi connectivity index (χ2v) is 6.12. The summed E-state index contributed by atoms with van der Waals surface area (Å²) >= 11 is 0. The standard InChI is InChI=1S/C14H22N4O2/c1-10(19)18-8-4-5-11(9-18)12-16-13(17-20-12)14(15)6-2-3-7-14/h11H,2-9,15H2,1H3. The van der Waals surface area contributed by atoms with Crippen molar-refractivity contribution in [3.05, 3.63) is 11.7 Å². The van der Waals surface area contributed by atoms with Gasteiger partial charge in [0.15, 0.2) is 5.82 Å². The lowest BCUT2D eigenvalue weighted by atomic mass is 9.96. The van der Waals surface area contributed by atoms with Crippen LogP contribution in [0.5, 0.6) is 0 Å². The van der Waals surface area contributed by atoms with Gasteiger partial charge in [-0.15, -0.1) is 0 Å². The van der Waals surface area contributed by atoms with Gasteiger partial charge in [0.2, 0.25) is 11.8 Å². The van der Waals surface area contributed by atoms with Gasteiger partial charge in [-0.25, -0.2) is 0 Å². The second-order valence-electron chi connectivity index (χ2n) is 6.12. The summed E-state index contributed by atoms with van der Waals surface area (Å²) in [6, 6.07) is 0. The number of amides is 1. The zero-order valence-electron chi connectivity index (χ0n) is 12.0. The van der Waals surface area contributed by atoms with E-state index in [9.17, 15) is 4.79 Å². The molecule has 2 heterocycles. The SMILES string of the molecule is CC(=O)N1CCCC(c2nc(C3(N)CCCC3)no2)C1. The molecule has 1 unspecified atom stereocenters. The first-order valence-electron chi connectivity index (χ1n) is 7.47. The maximum atomic E-state index is 11.5. The first-order valence-corrected chi connectivity index (χ1v) is 7.47. The van der Waals surface area contributed by atoms with Gasteiger partial charge in [-0.05, 0) is 25.7 Å². The van der Waals surface area contributed by atoms with E-state index in [-0.39, 0.29) is 11.8 Å². The molecule has 20 heavy (non-hydrogen) atoms. The Kier molecular flexibility index (Phi) is 3.50. The van der Waals surface area contributed by atoms with E-state index in [0.717, 1.165) is 45.1 Å². The minimum Gasteiger partial charge on any atom is -0.342 e. The van der Waals surface area contributed by atoms with E-state index in [4.69, 9.17) is 10.3 Å². The second kappa shape index (κ2) is 5.16. The predicted molar refractivity (Wildman–Crippen MR) is 72.9 cm³/mol. The molecule has 1 aromatic heterocycles. The molecular weight excluding hydrogens is 256 g/mol. The van der Waals surface area contributed by atoms with Gasteiger partial charge in [0, 0.05) is 20.0 Å². The highest BCUT2D eigenvalue weighted by Gasteiger charge is 2.37. The Hall–Kier alpha value is -1.43. The van der Waals surface area contributed by atoms with Crippen molar-refractivity contribution in [1.29, 1.82) is 0 Å². The molecule has 6 heteroatoms. The van der Waals surface area contributed by atoms with Gasteiger partial charge in [0.05, 0.1) is 11.5 Å². The lowest BCUT2D eigenvalue weighted by Gasteiger charge is -2.30. The van der Waals surface area contributed by atoms with Gasteiger partial charge in [-0.3, -0.25) is 4.79 Å². The fourth-order valence-corrected chi connectivity index (χ4v) is 3.30. The largest absolute Gasteiger partial charge is 0.342 e. The molecular formula is C14H22N4O2. The first-order chi connectivity index (χ1) is 9.58. The summed E-state index contributed by atoms with van der Waals surface area (Å²) in [6.07, 6.45) is 6.08. The topological polar surface area (TPSA) is 85.2 Å². The number of piperidine rings is 1. The number of carbonyl (C=O) groups excluding carboxylic acids is 1. The Morgan fingerprint density at radius 3 is 2.85 bits per heavy atom. The van der Waals surface area contributed by atoms with E-state index in [2.05, 4.69) is 10.1 Å². The van der Waals surface area contributed by atoms with E-state index >= 15 is 0 Å². The molecule has 1 aliphatic heterocycles. The van der Waals surface area contributed by atoms with Crippen molar-refractivity contribution in [2.45, 2.75) is 56.9 Å². The van der Waals surface area contributed by atoms with Crippen molar-refractivity contribution < 1.29 is 9.32 Å². The van der Waals surface area contributed by atoms with Gasteiger partial charge in [0.25, 0.3) is 0 Å². The number of nitrogens with two attached hydrogens (primary N) is 1. The number of hydrogen-bond donors (Lipinski definition) is 1. The van der Waals surface area contributed by atoms with E-state index in [1.54, 1.807) is 6.92 Å². The average molecular weight is 278 g/mol. The minimum absolute atomic E-state index is 0.112. The van der Waals surface area contributed by atoms with Crippen LogP contribution in [0.1, 0.15) is 63.1 Å². The van der Waals surface area contributed by atoms with E-state index in [0.29, 0.717) is 18.3 Å². The maximum absolute atomic E-state index is 11.5. The smallest absolute Gasteiger partial charge is 0.231 e. The summed E-state index contributed by atoms with van der Waals surface area (Å²) in [5, 5.41) is 4.10. The van der Waals surface area contributed by atoms with Crippen molar-refractivity contribution in [3.8, 4) is 0 Å². The Labute approximate surface area is 118 Å². The third-order valence-electron chi connectivity index (χ3n) is 4.60. The third-order valence-corrected chi connectivity index (χ3v) is 4.60. The molecule has 0 radical (unpaired) electrons. The fraction of sp³-hybridized carbons (Fsp3) is 0.786. The van der Waals surface area contributed by atoms with Crippen molar-refractivity contribution >= 4 is 5.91 Å².